The van der Waals surface area contributed by atoms with Crippen LogP contribution in [0.3, 0.4) is 0 Å². The molecule has 0 spiro atoms. The van der Waals surface area contributed by atoms with E-state index in [9.17, 15) is 4.79 Å². The van der Waals surface area contributed by atoms with Crippen molar-refractivity contribution in [2.75, 3.05) is 0 Å². The first-order valence-electron chi connectivity index (χ1n) is 7.44. The Morgan fingerprint density at radius 3 is 2.90 bits per heavy atom. The Kier molecular flexibility index (Phi) is 3.72. The van der Waals surface area contributed by atoms with Gasteiger partial charge >= 0.3 is 0 Å². The second-order valence-corrected chi connectivity index (χ2v) is 5.76. The predicted octanol–water partition coefficient (Wildman–Crippen LogP) is 2.84. The van der Waals surface area contributed by atoms with Crippen molar-refractivity contribution in [2.45, 2.75) is 45.6 Å². The van der Waals surface area contributed by atoms with E-state index in [4.69, 9.17) is 0 Å². The van der Waals surface area contributed by atoms with Crippen molar-refractivity contribution in [3.05, 3.63) is 35.8 Å². The molecule has 1 aliphatic carbocycles. The highest BCUT2D eigenvalue weighted by Gasteiger charge is 2.20. The van der Waals surface area contributed by atoms with E-state index >= 15 is 0 Å². The van der Waals surface area contributed by atoms with Crippen LogP contribution in [-0.4, -0.2) is 15.3 Å². The summed E-state index contributed by atoms with van der Waals surface area (Å²) in [5, 5.41) is 3.03. The molecule has 2 aromatic rings. The van der Waals surface area contributed by atoms with E-state index in [0.29, 0.717) is 6.54 Å². The van der Waals surface area contributed by atoms with Crippen molar-refractivity contribution in [1.82, 2.24) is 14.7 Å². The monoisotopic (exact) mass is 271 g/mol. The summed E-state index contributed by atoms with van der Waals surface area (Å²) < 4.78 is 2.01. The molecule has 106 valence electrons. The minimum Gasteiger partial charge on any atom is -0.350 e. The molecular weight excluding hydrogens is 250 g/mol. The van der Waals surface area contributed by atoms with Crippen molar-refractivity contribution in [1.29, 1.82) is 0 Å². The largest absolute Gasteiger partial charge is 0.350 e. The summed E-state index contributed by atoms with van der Waals surface area (Å²) in [6.45, 7) is 2.58. The fourth-order valence-electron chi connectivity index (χ4n) is 2.93. The van der Waals surface area contributed by atoms with Gasteiger partial charge in [0.15, 0.2) is 0 Å². The molecule has 4 heteroatoms. The number of hydrogen-bond donors (Lipinski definition) is 1. The molecule has 1 aliphatic rings. The molecule has 20 heavy (non-hydrogen) atoms. The first-order chi connectivity index (χ1) is 9.72. The summed E-state index contributed by atoms with van der Waals surface area (Å²) in [4.78, 5) is 16.6. The van der Waals surface area contributed by atoms with Gasteiger partial charge in [0.25, 0.3) is 0 Å². The van der Waals surface area contributed by atoms with E-state index in [1.165, 1.54) is 24.8 Å². The van der Waals surface area contributed by atoms with Gasteiger partial charge in [-0.2, -0.15) is 0 Å². The number of nitrogens with zero attached hydrogens (tertiary/aromatic N) is 2. The third kappa shape index (κ3) is 2.84. The second-order valence-electron chi connectivity index (χ2n) is 5.76. The average Bonchev–Trinajstić information content (AvgIpc) is 2.87. The number of amides is 1. The topological polar surface area (TPSA) is 46.4 Å². The van der Waals surface area contributed by atoms with Crippen molar-refractivity contribution < 1.29 is 4.79 Å². The van der Waals surface area contributed by atoms with E-state index < -0.39 is 0 Å². The molecule has 1 fully saturated rings. The van der Waals surface area contributed by atoms with Gasteiger partial charge in [-0.3, -0.25) is 4.79 Å². The van der Waals surface area contributed by atoms with Crippen LogP contribution in [0.2, 0.25) is 0 Å². The SMILES string of the molecule is Cc1ccc2nc(CNC(=O)C3CCCCC3)cn2c1. The standard InChI is InChI=1S/C16H21N3O/c1-12-7-8-15-18-14(11-19(15)10-12)9-17-16(20)13-5-3-2-4-6-13/h7-8,10-11,13H,2-6,9H2,1H3,(H,17,20). The van der Waals surface area contributed by atoms with E-state index in [1.54, 1.807) is 0 Å². The van der Waals surface area contributed by atoms with Crippen molar-refractivity contribution in [2.24, 2.45) is 5.92 Å². The summed E-state index contributed by atoms with van der Waals surface area (Å²) in [7, 11) is 0. The molecule has 0 aliphatic heterocycles. The minimum absolute atomic E-state index is 0.193. The Labute approximate surface area is 119 Å². The van der Waals surface area contributed by atoms with Crippen LogP contribution >= 0.6 is 0 Å². The molecule has 0 unspecified atom stereocenters. The molecular formula is C16H21N3O. The van der Waals surface area contributed by atoms with Crippen LogP contribution in [0.5, 0.6) is 0 Å². The van der Waals surface area contributed by atoms with E-state index in [1.807, 2.05) is 22.7 Å². The van der Waals surface area contributed by atoms with Crippen LogP contribution < -0.4 is 5.32 Å². The Bertz CT molecular complexity index is 611. The molecule has 0 radical (unpaired) electrons. The third-order valence-corrected chi connectivity index (χ3v) is 4.07. The highest BCUT2D eigenvalue weighted by molar-refractivity contribution is 5.78. The lowest BCUT2D eigenvalue weighted by atomic mass is 9.89. The maximum absolute atomic E-state index is 12.1. The Morgan fingerprint density at radius 1 is 1.30 bits per heavy atom. The molecule has 1 amide bonds. The van der Waals surface area contributed by atoms with Gasteiger partial charge in [0.2, 0.25) is 5.91 Å². The Balaban J connectivity index is 1.63. The summed E-state index contributed by atoms with van der Waals surface area (Å²) in [5.41, 5.74) is 3.05. The van der Waals surface area contributed by atoms with Gasteiger partial charge in [-0.1, -0.05) is 25.3 Å². The average molecular weight is 271 g/mol. The molecule has 1 N–H and O–H groups in total. The third-order valence-electron chi connectivity index (χ3n) is 4.07. The van der Waals surface area contributed by atoms with Crippen LogP contribution in [0.25, 0.3) is 5.65 Å². The van der Waals surface area contributed by atoms with Gasteiger partial charge in [0.1, 0.15) is 5.65 Å². The molecule has 0 saturated heterocycles. The smallest absolute Gasteiger partial charge is 0.223 e. The zero-order valence-corrected chi connectivity index (χ0v) is 11.9. The quantitative estimate of drug-likeness (QED) is 0.933. The molecule has 1 saturated carbocycles. The zero-order chi connectivity index (χ0) is 13.9. The lowest BCUT2D eigenvalue weighted by molar-refractivity contribution is -0.126. The minimum atomic E-state index is 0.193. The number of aryl methyl sites for hydroxylation is 1. The van der Waals surface area contributed by atoms with Gasteiger partial charge in [-0.05, 0) is 31.4 Å². The molecule has 0 bridgehead atoms. The molecule has 2 heterocycles. The summed E-state index contributed by atoms with van der Waals surface area (Å²) in [6.07, 6.45) is 9.76. The van der Waals surface area contributed by atoms with E-state index in [-0.39, 0.29) is 11.8 Å². The molecule has 3 rings (SSSR count). The maximum Gasteiger partial charge on any atom is 0.223 e. The van der Waals surface area contributed by atoms with Crippen LogP contribution in [0, 0.1) is 12.8 Å². The van der Waals surface area contributed by atoms with Gasteiger partial charge in [0.05, 0.1) is 12.2 Å². The van der Waals surface area contributed by atoms with Crippen LogP contribution in [-0.2, 0) is 11.3 Å². The summed E-state index contributed by atoms with van der Waals surface area (Å²) >= 11 is 0. The molecule has 0 atom stereocenters. The fourth-order valence-corrected chi connectivity index (χ4v) is 2.93. The number of carbonyl (C=O) groups excluding carboxylic acids is 1. The van der Waals surface area contributed by atoms with Gasteiger partial charge in [-0.15, -0.1) is 0 Å². The highest BCUT2D eigenvalue weighted by Crippen LogP contribution is 2.23. The zero-order valence-electron chi connectivity index (χ0n) is 11.9. The number of nitrogens with one attached hydrogen (secondary N) is 1. The maximum atomic E-state index is 12.1. The normalized spacial score (nSPS) is 16.4. The van der Waals surface area contributed by atoms with Crippen molar-refractivity contribution >= 4 is 11.6 Å². The first-order valence-corrected chi connectivity index (χ1v) is 7.44. The Morgan fingerprint density at radius 2 is 2.10 bits per heavy atom. The van der Waals surface area contributed by atoms with Gasteiger partial charge in [-0.25, -0.2) is 4.98 Å². The van der Waals surface area contributed by atoms with Crippen LogP contribution in [0.15, 0.2) is 24.5 Å². The number of pyridine rings is 1. The van der Waals surface area contributed by atoms with Gasteiger partial charge in [0, 0.05) is 18.3 Å². The number of imidazole rings is 1. The number of carbonyl (C=O) groups is 1. The summed E-state index contributed by atoms with van der Waals surface area (Å²) in [5.74, 6) is 0.404. The first kappa shape index (κ1) is 13.2. The highest BCUT2D eigenvalue weighted by atomic mass is 16.1. The number of rotatable bonds is 3. The van der Waals surface area contributed by atoms with Crippen LogP contribution in [0.4, 0.5) is 0 Å². The molecule has 2 aromatic heterocycles. The Hall–Kier alpha value is -1.84. The number of fused-ring (bicyclic) bond motifs is 1. The van der Waals surface area contributed by atoms with Crippen LogP contribution in [0.1, 0.15) is 43.4 Å². The van der Waals surface area contributed by atoms with E-state index in [0.717, 1.165) is 24.2 Å². The lowest BCUT2D eigenvalue weighted by Gasteiger charge is -2.20. The number of aromatic nitrogens is 2. The molecule has 4 nitrogen and oxygen atoms in total. The van der Waals surface area contributed by atoms with Gasteiger partial charge < -0.3 is 9.72 Å². The van der Waals surface area contributed by atoms with Crippen molar-refractivity contribution in [3.8, 4) is 0 Å². The summed E-state index contributed by atoms with van der Waals surface area (Å²) in [6, 6.07) is 4.05. The van der Waals surface area contributed by atoms with Crippen molar-refractivity contribution in [3.63, 3.8) is 0 Å². The fraction of sp³-hybridized carbons (Fsp3) is 0.500. The van der Waals surface area contributed by atoms with E-state index in [2.05, 4.69) is 23.4 Å². The molecule has 0 aromatic carbocycles. The number of hydrogen-bond acceptors (Lipinski definition) is 2. The second kappa shape index (κ2) is 5.65. The lowest BCUT2D eigenvalue weighted by Crippen LogP contribution is -2.31. The predicted molar refractivity (Wildman–Crippen MR) is 78.4 cm³/mol.